The Hall–Kier alpha value is -6.09. The van der Waals surface area contributed by atoms with Crippen molar-refractivity contribution < 1.29 is 28.8 Å². The lowest BCUT2D eigenvalue weighted by molar-refractivity contribution is -0.142. The van der Waals surface area contributed by atoms with Crippen molar-refractivity contribution in [2.24, 2.45) is 11.5 Å². The number of nitrogens with one attached hydrogen (secondary N) is 5. The molecule has 6 amide bonds. The summed E-state index contributed by atoms with van der Waals surface area (Å²) in [6.07, 6.45) is 4.45. The average Bonchev–Trinajstić information content (AvgIpc) is 3.68. The highest BCUT2D eigenvalue weighted by Crippen LogP contribution is 2.19. The van der Waals surface area contributed by atoms with Gasteiger partial charge in [0.25, 0.3) is 0 Å². The predicted molar refractivity (Wildman–Crippen MR) is 212 cm³/mol. The molecular formula is C41H53N9O6. The van der Waals surface area contributed by atoms with Gasteiger partial charge in [0.2, 0.25) is 35.4 Å². The van der Waals surface area contributed by atoms with Crippen LogP contribution in [-0.2, 0) is 48.0 Å². The number of hydrogen-bond acceptors (Lipinski definition) is 8. The number of imidazole rings is 1. The molecule has 4 aromatic rings. The van der Waals surface area contributed by atoms with Gasteiger partial charge in [-0.1, -0.05) is 72.8 Å². The summed E-state index contributed by atoms with van der Waals surface area (Å²) in [6, 6.07) is 18.0. The lowest BCUT2D eigenvalue weighted by atomic mass is 9.98. The molecule has 0 fully saturated rings. The Morgan fingerprint density at radius 2 is 1.46 bits per heavy atom. The topological polar surface area (TPSA) is 235 Å². The van der Waals surface area contributed by atoms with Gasteiger partial charge in [-0.25, -0.2) is 4.98 Å². The van der Waals surface area contributed by atoms with Crippen LogP contribution in [0.5, 0.6) is 0 Å². The Bertz CT molecular complexity index is 1960. The number of benzene rings is 3. The summed E-state index contributed by atoms with van der Waals surface area (Å²) in [6.45, 7) is 4.84. The minimum absolute atomic E-state index is 0.00222. The molecule has 1 heterocycles. The fourth-order valence-electron chi connectivity index (χ4n) is 6.17. The van der Waals surface area contributed by atoms with E-state index in [1.54, 1.807) is 6.20 Å². The molecular weight excluding hydrogens is 715 g/mol. The molecule has 15 nitrogen and oxygen atoms in total. The third kappa shape index (κ3) is 12.8. The minimum Gasteiger partial charge on any atom is -0.368 e. The zero-order chi connectivity index (χ0) is 40.8. The Balaban J connectivity index is 1.66. The van der Waals surface area contributed by atoms with Gasteiger partial charge in [-0.15, -0.1) is 0 Å². The van der Waals surface area contributed by atoms with E-state index in [0.29, 0.717) is 25.1 Å². The molecule has 0 aliphatic rings. The van der Waals surface area contributed by atoms with Gasteiger partial charge in [0, 0.05) is 46.0 Å². The van der Waals surface area contributed by atoms with Gasteiger partial charge >= 0.3 is 0 Å². The van der Waals surface area contributed by atoms with Crippen LogP contribution in [0.1, 0.15) is 56.9 Å². The number of primary amides is 1. The number of hydrogen-bond donors (Lipinski definition) is 7. The highest BCUT2D eigenvalue weighted by Gasteiger charge is 2.36. The second kappa shape index (κ2) is 20.0. The first kappa shape index (κ1) is 42.6. The van der Waals surface area contributed by atoms with E-state index >= 15 is 0 Å². The van der Waals surface area contributed by atoms with E-state index < -0.39 is 59.2 Å². The van der Waals surface area contributed by atoms with Crippen molar-refractivity contribution in [3.05, 3.63) is 102 Å². The number of H-pyrrole nitrogens is 1. The summed E-state index contributed by atoms with van der Waals surface area (Å²) in [5.74, 6) is -3.35. The molecule has 0 bridgehead atoms. The number of carbonyl (C=O) groups excluding carboxylic acids is 6. The molecule has 1 aromatic heterocycles. The van der Waals surface area contributed by atoms with E-state index in [2.05, 4.69) is 31.2 Å². The van der Waals surface area contributed by atoms with Crippen LogP contribution in [0, 0.1) is 0 Å². The molecule has 0 aliphatic carbocycles. The number of fused-ring (bicyclic) bond motifs is 1. The number of nitrogens with zero attached hydrogens (tertiary/aromatic N) is 2. The number of amides is 6. The maximum absolute atomic E-state index is 14.7. The molecule has 0 radical (unpaired) electrons. The fourth-order valence-corrected chi connectivity index (χ4v) is 6.17. The minimum atomic E-state index is -1.31. The van der Waals surface area contributed by atoms with Crippen molar-refractivity contribution in [3.63, 3.8) is 0 Å². The van der Waals surface area contributed by atoms with Gasteiger partial charge in [0.15, 0.2) is 0 Å². The Kier molecular flexibility index (Phi) is 15.2. The van der Waals surface area contributed by atoms with Gasteiger partial charge in [0.05, 0.1) is 17.6 Å². The van der Waals surface area contributed by atoms with Crippen LogP contribution in [0.15, 0.2) is 85.3 Å². The molecule has 3 aromatic carbocycles. The van der Waals surface area contributed by atoms with Crippen molar-refractivity contribution in [2.45, 2.75) is 89.0 Å². The Morgan fingerprint density at radius 1 is 0.786 bits per heavy atom. The maximum atomic E-state index is 14.7. The summed E-state index contributed by atoms with van der Waals surface area (Å²) in [5, 5.41) is 12.9. The van der Waals surface area contributed by atoms with Crippen LogP contribution in [0.2, 0.25) is 0 Å². The molecule has 0 saturated heterocycles. The number of aromatic amines is 1. The van der Waals surface area contributed by atoms with E-state index in [0.717, 1.165) is 21.9 Å². The summed E-state index contributed by atoms with van der Waals surface area (Å²) in [7, 11) is 1.47. The molecule has 0 saturated carbocycles. The predicted octanol–water partition coefficient (Wildman–Crippen LogP) is 1.40. The summed E-state index contributed by atoms with van der Waals surface area (Å²) >= 11 is 0. The summed E-state index contributed by atoms with van der Waals surface area (Å²) in [4.78, 5) is 88.1. The standard InChI is InChI=1S/C41H53N9O6/c1-26(51)45-19-11-10-16-32(36(42)52)47-38(54)35(22-27-12-6-5-7-13-27)50(4)39(55)34(21-28-17-18-29-14-8-9-15-30(29)20-28)48-37(53)33(23-31-24-44-25-46-31)49-40(56)41(2,3)43/h5-9,12-15,17-18,20,24-25,32-35H,10-11,16,19,21-23,43H2,1-4H3,(H2,42,52)(H,44,46)(H,45,51)(H,47,54)(H,48,53)(H,49,56)/t32-,33-,34+,35+/m0/s1. The van der Waals surface area contributed by atoms with Crippen molar-refractivity contribution in [3.8, 4) is 0 Å². The third-order valence-electron chi connectivity index (χ3n) is 9.39. The smallest absolute Gasteiger partial charge is 0.245 e. The number of carbonyl (C=O) groups is 6. The summed E-state index contributed by atoms with van der Waals surface area (Å²) < 4.78 is 0. The van der Waals surface area contributed by atoms with Crippen LogP contribution in [0.25, 0.3) is 10.8 Å². The molecule has 4 rings (SSSR count). The van der Waals surface area contributed by atoms with E-state index in [4.69, 9.17) is 11.5 Å². The second-order valence-electron chi connectivity index (χ2n) is 14.6. The number of rotatable bonds is 20. The molecule has 0 aliphatic heterocycles. The van der Waals surface area contributed by atoms with Crippen LogP contribution in [-0.4, -0.2) is 93.6 Å². The lowest BCUT2D eigenvalue weighted by Crippen LogP contribution is -2.61. The first-order valence-corrected chi connectivity index (χ1v) is 18.6. The molecule has 0 unspecified atom stereocenters. The van der Waals surface area contributed by atoms with E-state index in [-0.39, 0.29) is 31.6 Å². The van der Waals surface area contributed by atoms with Crippen molar-refractivity contribution >= 4 is 46.2 Å². The van der Waals surface area contributed by atoms with Crippen LogP contribution in [0.4, 0.5) is 0 Å². The summed E-state index contributed by atoms with van der Waals surface area (Å²) in [5.41, 5.74) is 12.4. The van der Waals surface area contributed by atoms with E-state index in [1.807, 2.05) is 72.8 Å². The maximum Gasteiger partial charge on any atom is 0.245 e. The van der Waals surface area contributed by atoms with E-state index in [1.165, 1.54) is 39.0 Å². The van der Waals surface area contributed by atoms with Crippen molar-refractivity contribution in [2.75, 3.05) is 13.6 Å². The largest absolute Gasteiger partial charge is 0.368 e. The third-order valence-corrected chi connectivity index (χ3v) is 9.39. The lowest BCUT2D eigenvalue weighted by Gasteiger charge is -2.33. The highest BCUT2D eigenvalue weighted by atomic mass is 16.2. The average molecular weight is 768 g/mol. The zero-order valence-corrected chi connectivity index (χ0v) is 32.3. The molecule has 9 N–H and O–H groups in total. The molecule has 56 heavy (non-hydrogen) atoms. The quantitative estimate of drug-likeness (QED) is 0.0648. The van der Waals surface area contributed by atoms with Crippen molar-refractivity contribution in [1.29, 1.82) is 0 Å². The monoisotopic (exact) mass is 767 g/mol. The molecule has 15 heteroatoms. The SMILES string of the molecule is CC(=O)NCCCC[C@H](NC(=O)[C@@H](Cc1ccccc1)N(C)C(=O)[C@@H](Cc1ccc2ccccc2c1)NC(=O)[C@H](Cc1c[nH]cn1)NC(=O)C(C)(C)N)C(N)=O. The Morgan fingerprint density at radius 3 is 2.11 bits per heavy atom. The van der Waals surface area contributed by atoms with Crippen LogP contribution in [0.3, 0.4) is 0 Å². The van der Waals surface area contributed by atoms with Gasteiger partial charge < -0.3 is 42.6 Å². The number of aromatic nitrogens is 2. The van der Waals surface area contributed by atoms with Gasteiger partial charge in [-0.3, -0.25) is 28.8 Å². The van der Waals surface area contributed by atoms with Crippen LogP contribution >= 0.6 is 0 Å². The van der Waals surface area contributed by atoms with Gasteiger partial charge in [0.1, 0.15) is 24.2 Å². The van der Waals surface area contributed by atoms with Gasteiger partial charge in [-0.05, 0) is 55.0 Å². The number of unbranched alkanes of at least 4 members (excludes halogenated alkanes) is 1. The first-order chi connectivity index (χ1) is 26.6. The number of likely N-dealkylation sites (N-methyl/N-ethyl adjacent to an activating group) is 1. The fraction of sp³-hybridized carbons (Fsp3) is 0.390. The molecule has 4 atom stereocenters. The normalized spacial score (nSPS) is 13.4. The number of nitrogens with two attached hydrogens (primary N) is 2. The Labute approximate surface area is 326 Å². The second-order valence-corrected chi connectivity index (χ2v) is 14.6. The first-order valence-electron chi connectivity index (χ1n) is 18.6. The molecule has 0 spiro atoms. The van der Waals surface area contributed by atoms with Gasteiger partial charge in [-0.2, -0.15) is 0 Å². The molecule has 298 valence electrons. The van der Waals surface area contributed by atoms with Crippen LogP contribution < -0.4 is 32.7 Å². The van der Waals surface area contributed by atoms with E-state index in [9.17, 15) is 28.8 Å². The van der Waals surface area contributed by atoms with Crippen molar-refractivity contribution in [1.82, 2.24) is 36.1 Å². The highest BCUT2D eigenvalue weighted by molar-refractivity contribution is 5.96. The zero-order valence-electron chi connectivity index (χ0n) is 32.3.